The Bertz CT molecular complexity index is 295. The predicted octanol–water partition coefficient (Wildman–Crippen LogP) is 4.27. The van der Waals surface area contributed by atoms with E-state index in [4.69, 9.17) is 4.74 Å². The van der Waals surface area contributed by atoms with Crippen molar-refractivity contribution in [1.82, 2.24) is 0 Å². The summed E-state index contributed by atoms with van der Waals surface area (Å²) in [7, 11) is 1.78. The molecule has 1 heteroatoms. The fourth-order valence-electron chi connectivity index (χ4n) is 1.73. The number of allylic oxidation sites excluding steroid dienone is 6. The Morgan fingerprint density at radius 1 is 1.50 bits per heavy atom. The maximum absolute atomic E-state index is 5.38. The van der Waals surface area contributed by atoms with E-state index in [0.717, 1.165) is 12.8 Å². The van der Waals surface area contributed by atoms with Crippen LogP contribution in [0.2, 0.25) is 0 Å². The molecule has 1 nitrogen and oxygen atoms in total. The van der Waals surface area contributed by atoms with Crippen LogP contribution in [-0.2, 0) is 4.74 Å². The first-order chi connectivity index (χ1) is 7.53. The van der Waals surface area contributed by atoms with E-state index in [-0.39, 0.29) is 5.60 Å². The summed E-state index contributed by atoms with van der Waals surface area (Å²) in [6.45, 7) is 6.51. The van der Waals surface area contributed by atoms with E-state index in [2.05, 4.69) is 51.2 Å². The lowest BCUT2D eigenvalue weighted by atomic mass is 9.97. The van der Waals surface area contributed by atoms with Crippen LogP contribution in [0.4, 0.5) is 0 Å². The minimum Gasteiger partial charge on any atom is -0.379 e. The summed E-state index contributed by atoms with van der Waals surface area (Å²) in [6, 6.07) is 0. The Kier molecular flexibility index (Phi) is 5.01. The van der Waals surface area contributed by atoms with Crippen molar-refractivity contribution < 1.29 is 4.74 Å². The Morgan fingerprint density at radius 2 is 2.25 bits per heavy atom. The molecular weight excluding hydrogens is 196 g/mol. The Balaban J connectivity index is 2.35. The number of rotatable bonds is 5. The van der Waals surface area contributed by atoms with Gasteiger partial charge >= 0.3 is 0 Å². The standard InChI is InChI=1S/C15H24O/c1-13-8-7-10-14(12-13)9-5-6-11-15(2,3)16-4/h5,7,9-10,12-13H,6,8,11H2,1-4H3/b9-5+. The van der Waals surface area contributed by atoms with Gasteiger partial charge in [0.1, 0.15) is 0 Å². The second-order valence-corrected chi connectivity index (χ2v) is 5.19. The quantitative estimate of drug-likeness (QED) is 0.672. The molecule has 1 atom stereocenters. The molecule has 0 bridgehead atoms. The van der Waals surface area contributed by atoms with Crippen molar-refractivity contribution in [2.24, 2.45) is 5.92 Å². The van der Waals surface area contributed by atoms with Gasteiger partial charge in [-0.15, -0.1) is 0 Å². The van der Waals surface area contributed by atoms with Gasteiger partial charge in [-0.3, -0.25) is 0 Å². The van der Waals surface area contributed by atoms with Crippen molar-refractivity contribution in [3.05, 3.63) is 36.0 Å². The fraction of sp³-hybridized carbons (Fsp3) is 0.600. The topological polar surface area (TPSA) is 9.23 Å². The molecule has 0 saturated carbocycles. The predicted molar refractivity (Wildman–Crippen MR) is 70.5 cm³/mol. The Morgan fingerprint density at radius 3 is 2.88 bits per heavy atom. The van der Waals surface area contributed by atoms with E-state index < -0.39 is 0 Å². The van der Waals surface area contributed by atoms with Gasteiger partial charge < -0.3 is 4.74 Å². The van der Waals surface area contributed by atoms with E-state index >= 15 is 0 Å². The summed E-state index contributed by atoms with van der Waals surface area (Å²) in [5, 5.41) is 0. The van der Waals surface area contributed by atoms with Gasteiger partial charge in [0.05, 0.1) is 5.60 Å². The van der Waals surface area contributed by atoms with Crippen LogP contribution in [0.15, 0.2) is 36.0 Å². The third-order valence-electron chi connectivity index (χ3n) is 3.07. The number of ether oxygens (including phenoxy) is 1. The molecule has 1 rings (SSSR count). The lowest BCUT2D eigenvalue weighted by Gasteiger charge is -2.21. The molecular formula is C15H24O. The molecule has 90 valence electrons. The molecule has 0 aromatic carbocycles. The third kappa shape index (κ3) is 4.80. The van der Waals surface area contributed by atoms with Crippen LogP contribution >= 0.6 is 0 Å². The van der Waals surface area contributed by atoms with E-state index in [0.29, 0.717) is 5.92 Å². The highest BCUT2D eigenvalue weighted by Gasteiger charge is 2.14. The molecule has 1 aliphatic carbocycles. The van der Waals surface area contributed by atoms with E-state index in [1.165, 1.54) is 12.0 Å². The molecule has 0 heterocycles. The Hall–Kier alpha value is -0.820. The third-order valence-corrected chi connectivity index (χ3v) is 3.07. The van der Waals surface area contributed by atoms with E-state index in [9.17, 15) is 0 Å². The van der Waals surface area contributed by atoms with Crippen molar-refractivity contribution in [3.63, 3.8) is 0 Å². The van der Waals surface area contributed by atoms with Crippen molar-refractivity contribution >= 4 is 0 Å². The fourth-order valence-corrected chi connectivity index (χ4v) is 1.73. The van der Waals surface area contributed by atoms with Crippen LogP contribution in [0.1, 0.15) is 40.0 Å². The molecule has 0 aromatic rings. The van der Waals surface area contributed by atoms with Crippen LogP contribution in [0.3, 0.4) is 0 Å². The molecule has 0 amide bonds. The van der Waals surface area contributed by atoms with Gasteiger partial charge in [0.2, 0.25) is 0 Å². The summed E-state index contributed by atoms with van der Waals surface area (Å²) in [5.74, 6) is 0.681. The van der Waals surface area contributed by atoms with Gasteiger partial charge in [-0.2, -0.15) is 0 Å². The smallest absolute Gasteiger partial charge is 0.0625 e. The molecule has 0 saturated heterocycles. The monoisotopic (exact) mass is 220 g/mol. The molecule has 0 aliphatic heterocycles. The molecule has 1 unspecified atom stereocenters. The lowest BCUT2D eigenvalue weighted by Crippen LogP contribution is -2.21. The highest BCUT2D eigenvalue weighted by molar-refractivity contribution is 5.33. The molecule has 0 fully saturated rings. The van der Waals surface area contributed by atoms with Crippen LogP contribution in [-0.4, -0.2) is 12.7 Å². The SMILES string of the molecule is COC(C)(C)CC/C=C/C1=CC(C)CC=C1. The van der Waals surface area contributed by atoms with Crippen molar-refractivity contribution in [2.75, 3.05) is 7.11 Å². The van der Waals surface area contributed by atoms with Gasteiger partial charge in [0.25, 0.3) is 0 Å². The van der Waals surface area contributed by atoms with Crippen molar-refractivity contribution in [3.8, 4) is 0 Å². The lowest BCUT2D eigenvalue weighted by molar-refractivity contribution is 0.0163. The van der Waals surface area contributed by atoms with Gasteiger partial charge in [-0.05, 0) is 44.6 Å². The number of hydrogen-bond donors (Lipinski definition) is 0. The highest BCUT2D eigenvalue weighted by Crippen LogP contribution is 2.18. The average molecular weight is 220 g/mol. The largest absolute Gasteiger partial charge is 0.379 e. The summed E-state index contributed by atoms with van der Waals surface area (Å²) >= 11 is 0. The van der Waals surface area contributed by atoms with Crippen LogP contribution in [0, 0.1) is 5.92 Å². The first-order valence-corrected chi connectivity index (χ1v) is 6.13. The van der Waals surface area contributed by atoms with Crippen molar-refractivity contribution in [1.29, 1.82) is 0 Å². The van der Waals surface area contributed by atoms with Gasteiger partial charge in [0.15, 0.2) is 0 Å². The van der Waals surface area contributed by atoms with Crippen LogP contribution in [0.5, 0.6) is 0 Å². The average Bonchev–Trinajstić information content (AvgIpc) is 2.25. The molecule has 0 radical (unpaired) electrons. The summed E-state index contributed by atoms with van der Waals surface area (Å²) in [5.41, 5.74) is 1.34. The first kappa shape index (κ1) is 13.2. The second-order valence-electron chi connectivity index (χ2n) is 5.19. The highest BCUT2D eigenvalue weighted by atomic mass is 16.5. The zero-order valence-corrected chi connectivity index (χ0v) is 11.0. The second kappa shape index (κ2) is 6.05. The van der Waals surface area contributed by atoms with E-state index in [1.807, 2.05) is 0 Å². The van der Waals surface area contributed by atoms with Gasteiger partial charge in [-0.25, -0.2) is 0 Å². The first-order valence-electron chi connectivity index (χ1n) is 6.13. The summed E-state index contributed by atoms with van der Waals surface area (Å²) in [4.78, 5) is 0. The number of hydrogen-bond acceptors (Lipinski definition) is 1. The number of methoxy groups -OCH3 is 1. The van der Waals surface area contributed by atoms with Gasteiger partial charge in [0, 0.05) is 7.11 Å². The Labute approximate surface area is 99.9 Å². The molecule has 16 heavy (non-hydrogen) atoms. The minimum atomic E-state index is -0.00554. The molecule has 1 aliphatic rings. The molecule has 0 N–H and O–H groups in total. The molecule has 0 spiro atoms. The van der Waals surface area contributed by atoms with Crippen LogP contribution in [0.25, 0.3) is 0 Å². The normalized spacial score (nSPS) is 21.5. The van der Waals surface area contributed by atoms with E-state index in [1.54, 1.807) is 7.11 Å². The minimum absolute atomic E-state index is 0.00554. The molecule has 0 aromatic heterocycles. The maximum Gasteiger partial charge on any atom is 0.0625 e. The van der Waals surface area contributed by atoms with Crippen molar-refractivity contribution in [2.45, 2.75) is 45.6 Å². The zero-order valence-electron chi connectivity index (χ0n) is 11.0. The zero-order chi connectivity index (χ0) is 12.0. The maximum atomic E-state index is 5.38. The summed E-state index contributed by atoms with van der Waals surface area (Å²) in [6.07, 6.45) is 14.6. The van der Waals surface area contributed by atoms with Crippen LogP contribution < -0.4 is 0 Å². The van der Waals surface area contributed by atoms with Gasteiger partial charge in [-0.1, -0.05) is 37.3 Å². The summed E-state index contributed by atoms with van der Waals surface area (Å²) < 4.78 is 5.38.